The van der Waals surface area contributed by atoms with E-state index < -0.39 is 0 Å². The average Bonchev–Trinajstić information content (AvgIpc) is 3.85. The largest absolute Gasteiger partial charge is 0.310 e. The van der Waals surface area contributed by atoms with Crippen LogP contribution in [0.2, 0.25) is 0 Å². The number of fused-ring (bicyclic) bond motifs is 6. The Bertz CT molecular complexity index is 3940. The predicted molar refractivity (Wildman–Crippen MR) is 315 cm³/mol. The van der Waals surface area contributed by atoms with Crippen molar-refractivity contribution in [1.29, 1.82) is 0 Å². The van der Waals surface area contributed by atoms with Gasteiger partial charge in [0.05, 0.1) is 11.4 Å². The molecule has 0 unspecified atom stereocenters. The van der Waals surface area contributed by atoms with Gasteiger partial charge in [-0.25, -0.2) is 0 Å². The third-order valence-electron chi connectivity index (χ3n) is 16.8. The monoisotopic (exact) mass is 948 g/mol. The topological polar surface area (TPSA) is 6.48 Å². The normalized spacial score (nSPS) is 13.8. The number of hydrogen-bond donors (Lipinski definition) is 0. The lowest BCUT2D eigenvalue weighted by Gasteiger charge is -2.32. The molecule has 74 heavy (non-hydrogen) atoms. The second-order valence-electron chi connectivity index (χ2n) is 21.8. The van der Waals surface area contributed by atoms with E-state index in [1.165, 1.54) is 122 Å². The van der Waals surface area contributed by atoms with Gasteiger partial charge in [-0.2, -0.15) is 0 Å². The van der Waals surface area contributed by atoms with E-state index in [4.69, 9.17) is 0 Å². The molecular weight excluding hydrogens is 893 g/mol. The Morgan fingerprint density at radius 3 is 1.09 bits per heavy atom. The Morgan fingerprint density at radius 1 is 0.284 bits per heavy atom. The maximum Gasteiger partial charge on any atom is 0.0540 e. The van der Waals surface area contributed by atoms with E-state index in [0.717, 1.165) is 22.7 Å². The van der Waals surface area contributed by atoms with E-state index in [-0.39, 0.29) is 10.8 Å². The highest BCUT2D eigenvalue weighted by atomic mass is 15.2. The highest BCUT2D eigenvalue weighted by Gasteiger charge is 2.38. The third-order valence-corrected chi connectivity index (χ3v) is 16.8. The van der Waals surface area contributed by atoms with Crippen LogP contribution >= 0.6 is 0 Å². The average molecular weight is 949 g/mol. The fourth-order valence-corrected chi connectivity index (χ4v) is 13.1. The zero-order valence-corrected chi connectivity index (χ0v) is 42.8. The summed E-state index contributed by atoms with van der Waals surface area (Å²) < 4.78 is 0. The van der Waals surface area contributed by atoms with Gasteiger partial charge < -0.3 is 9.80 Å². The highest BCUT2D eigenvalue weighted by Crippen LogP contribution is 2.55. The number of hydrogen-bond acceptors (Lipinski definition) is 2. The van der Waals surface area contributed by atoms with Gasteiger partial charge in [-0.05, 0) is 162 Å². The van der Waals surface area contributed by atoms with Gasteiger partial charge in [0.25, 0.3) is 0 Å². The van der Waals surface area contributed by atoms with Crippen molar-refractivity contribution in [3.8, 4) is 44.5 Å². The molecule has 12 aromatic carbocycles. The number of anilines is 6. The first-order valence-corrected chi connectivity index (χ1v) is 26.2. The molecule has 2 aliphatic carbocycles. The standard InChI is InChI=1S/C72H56N2/c1-45-39-63-59(55-27-13-15-29-61(55)71(63,3)4)43-67(45)73(53-25-17-23-51(41-53)47-19-9-7-10-20-47)65-37-33-49-32-36-58-66(38-34-50-31-35-57(65)69(49)70(50)58)74(54-26-18-24-52(42-54)48-21-11-8-12-22-48)68-44-60-56-28-14-16-30-62(56)72(5,6)64(60)40-46(68)2/h7-44H,1-6H3. The maximum absolute atomic E-state index is 2.54. The molecule has 2 heteroatoms. The molecule has 0 saturated carbocycles. The quantitative estimate of drug-likeness (QED) is 0.140. The number of nitrogens with zero attached hydrogens (tertiary/aromatic N) is 2. The summed E-state index contributed by atoms with van der Waals surface area (Å²) >= 11 is 0. The zero-order chi connectivity index (χ0) is 50.0. The molecule has 354 valence electrons. The maximum atomic E-state index is 2.54. The molecule has 0 heterocycles. The van der Waals surface area contributed by atoms with Gasteiger partial charge in [0, 0.05) is 44.4 Å². The minimum atomic E-state index is -0.103. The molecule has 0 aromatic heterocycles. The lowest BCUT2D eigenvalue weighted by atomic mass is 9.82. The number of rotatable bonds is 8. The van der Waals surface area contributed by atoms with Gasteiger partial charge in [0.2, 0.25) is 0 Å². The molecule has 2 aliphatic rings. The van der Waals surface area contributed by atoms with Crippen molar-refractivity contribution in [2.24, 2.45) is 0 Å². The summed E-state index contributed by atoms with van der Waals surface area (Å²) in [6.07, 6.45) is 0. The minimum absolute atomic E-state index is 0.103. The van der Waals surface area contributed by atoms with Crippen LogP contribution in [-0.4, -0.2) is 0 Å². The molecule has 0 N–H and O–H groups in total. The summed E-state index contributed by atoms with van der Waals surface area (Å²) in [7, 11) is 0. The minimum Gasteiger partial charge on any atom is -0.310 e. The van der Waals surface area contributed by atoms with E-state index in [1.807, 2.05) is 0 Å². The molecule has 14 rings (SSSR count). The van der Waals surface area contributed by atoms with Crippen molar-refractivity contribution in [3.63, 3.8) is 0 Å². The SMILES string of the molecule is Cc1cc2c(cc1N(c1cccc(-c3ccccc3)c1)c1ccc3ccc4c(N(c5cccc(-c6ccccc6)c5)c5cc6c(cc5C)C(C)(C)c5ccccc5-6)ccc5ccc1c3c54)-c1ccccc1C2(C)C. The summed E-state index contributed by atoms with van der Waals surface area (Å²) in [5, 5.41) is 7.43. The summed E-state index contributed by atoms with van der Waals surface area (Å²) in [4.78, 5) is 5.08. The number of aryl methyl sites for hydroxylation is 2. The summed E-state index contributed by atoms with van der Waals surface area (Å²) in [6, 6.07) is 86.5. The van der Waals surface area contributed by atoms with Crippen LogP contribution in [0.1, 0.15) is 61.1 Å². The van der Waals surface area contributed by atoms with Gasteiger partial charge in [-0.3, -0.25) is 0 Å². The van der Waals surface area contributed by atoms with Crippen LogP contribution < -0.4 is 9.80 Å². The van der Waals surface area contributed by atoms with E-state index in [1.54, 1.807) is 0 Å². The molecule has 0 bridgehead atoms. The fourth-order valence-electron chi connectivity index (χ4n) is 13.1. The Morgan fingerprint density at radius 2 is 0.662 bits per heavy atom. The number of benzene rings is 12. The van der Waals surface area contributed by atoms with Crippen LogP contribution in [0.5, 0.6) is 0 Å². The van der Waals surface area contributed by atoms with Crippen molar-refractivity contribution >= 4 is 66.4 Å². The summed E-state index contributed by atoms with van der Waals surface area (Å²) in [5.74, 6) is 0. The van der Waals surface area contributed by atoms with Gasteiger partial charge in [-0.15, -0.1) is 0 Å². The van der Waals surface area contributed by atoms with Gasteiger partial charge in [0.1, 0.15) is 0 Å². The van der Waals surface area contributed by atoms with Crippen molar-refractivity contribution in [2.45, 2.75) is 52.4 Å². The molecule has 0 radical (unpaired) electrons. The molecule has 0 amide bonds. The Kier molecular flexibility index (Phi) is 9.76. The molecule has 0 saturated heterocycles. The van der Waals surface area contributed by atoms with Gasteiger partial charge in [-0.1, -0.05) is 210 Å². The van der Waals surface area contributed by atoms with Crippen LogP contribution in [0.3, 0.4) is 0 Å². The summed E-state index contributed by atoms with van der Waals surface area (Å²) in [6.45, 7) is 14.1. The first-order valence-electron chi connectivity index (χ1n) is 26.2. The fraction of sp³-hybridized carbons (Fsp3) is 0.111. The van der Waals surface area contributed by atoms with E-state index in [2.05, 4.69) is 282 Å². The van der Waals surface area contributed by atoms with E-state index in [0.29, 0.717) is 0 Å². The first-order chi connectivity index (χ1) is 36.0. The van der Waals surface area contributed by atoms with Crippen molar-refractivity contribution in [3.05, 3.63) is 264 Å². The predicted octanol–water partition coefficient (Wildman–Crippen LogP) is 20.1. The third kappa shape index (κ3) is 6.57. The Hall–Kier alpha value is -8.72. The van der Waals surface area contributed by atoms with Crippen LogP contribution in [0.15, 0.2) is 231 Å². The lowest BCUT2D eigenvalue weighted by molar-refractivity contribution is 0.659. The van der Waals surface area contributed by atoms with E-state index >= 15 is 0 Å². The molecule has 2 nitrogen and oxygen atoms in total. The molecule has 0 aliphatic heterocycles. The molecular formula is C72H56N2. The van der Waals surface area contributed by atoms with Crippen LogP contribution in [-0.2, 0) is 10.8 Å². The molecule has 0 spiro atoms. The highest BCUT2D eigenvalue weighted by molar-refractivity contribution is 6.28. The molecule has 12 aromatic rings. The second kappa shape index (κ2) is 16.4. The van der Waals surface area contributed by atoms with Crippen molar-refractivity contribution in [1.82, 2.24) is 0 Å². The van der Waals surface area contributed by atoms with Gasteiger partial charge in [0.15, 0.2) is 0 Å². The molecule has 0 fully saturated rings. The Labute approximate surface area is 434 Å². The zero-order valence-electron chi connectivity index (χ0n) is 42.8. The molecule has 0 atom stereocenters. The second-order valence-corrected chi connectivity index (χ2v) is 21.8. The van der Waals surface area contributed by atoms with Crippen LogP contribution in [0.25, 0.3) is 76.8 Å². The van der Waals surface area contributed by atoms with Crippen LogP contribution in [0.4, 0.5) is 34.1 Å². The van der Waals surface area contributed by atoms with Crippen LogP contribution in [0, 0.1) is 13.8 Å². The van der Waals surface area contributed by atoms with Crippen molar-refractivity contribution < 1.29 is 0 Å². The van der Waals surface area contributed by atoms with Crippen molar-refractivity contribution in [2.75, 3.05) is 9.80 Å². The smallest absolute Gasteiger partial charge is 0.0540 e. The first kappa shape index (κ1) is 44.0. The Balaban J connectivity index is 1.02. The summed E-state index contributed by atoms with van der Waals surface area (Å²) in [5.41, 5.74) is 24.7. The lowest BCUT2D eigenvalue weighted by Crippen LogP contribution is -2.17. The van der Waals surface area contributed by atoms with Gasteiger partial charge >= 0.3 is 0 Å². The van der Waals surface area contributed by atoms with E-state index in [9.17, 15) is 0 Å².